The molecule has 5 N–H and O–H groups in total. The van der Waals surface area contributed by atoms with Crippen molar-refractivity contribution in [3.63, 3.8) is 0 Å². The number of anilines is 1. The third-order valence-corrected chi connectivity index (χ3v) is 4.96. The van der Waals surface area contributed by atoms with E-state index in [1.807, 2.05) is 30.3 Å². The van der Waals surface area contributed by atoms with Gasteiger partial charge < -0.3 is 16.8 Å². The van der Waals surface area contributed by atoms with Crippen LogP contribution in [0.3, 0.4) is 0 Å². The molecule has 1 saturated heterocycles. The van der Waals surface area contributed by atoms with Crippen molar-refractivity contribution >= 4 is 23.2 Å². The van der Waals surface area contributed by atoms with E-state index in [9.17, 15) is 4.79 Å². The minimum atomic E-state index is -0.258. The molecule has 7 heteroatoms. The van der Waals surface area contributed by atoms with Gasteiger partial charge in [0.05, 0.1) is 5.69 Å². The van der Waals surface area contributed by atoms with Gasteiger partial charge in [0.1, 0.15) is 5.84 Å². The summed E-state index contributed by atoms with van der Waals surface area (Å²) < 4.78 is 0. The van der Waals surface area contributed by atoms with Gasteiger partial charge in [-0.1, -0.05) is 25.1 Å². The van der Waals surface area contributed by atoms with Crippen molar-refractivity contribution in [2.75, 3.05) is 18.4 Å². The standard InChI is InChI=1S/C24H30N6O/c1-3-24(31)27-20-9-7-8-19(15-20)21-13-18(16-30-10-5-4-6-11-30)14-23(28-21)29-22(26)12-17(2)25/h3,7-9,12-15H,1,4-6,10-11,16,25H2,2H3,(H,27,31)(H2,26,28,29)/b17-12-. The van der Waals surface area contributed by atoms with Crippen molar-refractivity contribution in [2.45, 2.75) is 32.7 Å². The molecule has 31 heavy (non-hydrogen) atoms. The molecule has 0 saturated carbocycles. The summed E-state index contributed by atoms with van der Waals surface area (Å²) in [6.45, 7) is 8.27. The second kappa shape index (κ2) is 10.5. The largest absolute Gasteiger partial charge is 0.402 e. The number of piperidine rings is 1. The Hall–Kier alpha value is -3.45. The highest BCUT2D eigenvalue weighted by atomic mass is 16.1. The summed E-state index contributed by atoms with van der Waals surface area (Å²) in [5.41, 5.74) is 15.8. The van der Waals surface area contributed by atoms with Crippen LogP contribution in [-0.2, 0) is 11.3 Å². The van der Waals surface area contributed by atoms with Crippen LogP contribution in [0, 0.1) is 0 Å². The number of amides is 1. The molecule has 1 aromatic heterocycles. The predicted molar refractivity (Wildman–Crippen MR) is 127 cm³/mol. The number of allylic oxidation sites excluding steroid dienone is 1. The number of rotatable bonds is 7. The molecule has 1 fully saturated rings. The highest BCUT2D eigenvalue weighted by Crippen LogP contribution is 2.26. The molecule has 162 valence electrons. The molecule has 2 heterocycles. The Labute approximate surface area is 183 Å². The fourth-order valence-electron chi connectivity index (χ4n) is 3.59. The van der Waals surface area contributed by atoms with Crippen LogP contribution >= 0.6 is 0 Å². The highest BCUT2D eigenvalue weighted by Gasteiger charge is 2.13. The van der Waals surface area contributed by atoms with Gasteiger partial charge in [-0.2, -0.15) is 0 Å². The van der Waals surface area contributed by atoms with Crippen molar-refractivity contribution in [1.82, 2.24) is 9.88 Å². The van der Waals surface area contributed by atoms with E-state index >= 15 is 0 Å². The Bertz CT molecular complexity index is 1000. The number of nitrogens with two attached hydrogens (primary N) is 2. The number of hydrogen-bond acceptors (Lipinski definition) is 5. The Kier molecular flexibility index (Phi) is 7.56. The van der Waals surface area contributed by atoms with Crippen LogP contribution in [-0.4, -0.2) is 34.7 Å². The molecule has 2 aromatic rings. The summed E-state index contributed by atoms with van der Waals surface area (Å²) in [7, 11) is 0. The van der Waals surface area contributed by atoms with E-state index in [1.165, 1.54) is 25.3 Å². The molecule has 0 unspecified atom stereocenters. The SMILES string of the molecule is C=CC(=O)Nc1cccc(-c2cc(CN3CCCCC3)cc(N=C(N)/C=C(/C)N)n2)c1. The van der Waals surface area contributed by atoms with Gasteiger partial charge in [0, 0.05) is 23.5 Å². The van der Waals surface area contributed by atoms with Crippen LogP contribution in [0.4, 0.5) is 11.5 Å². The number of hydrogen-bond donors (Lipinski definition) is 3. The van der Waals surface area contributed by atoms with Gasteiger partial charge in [-0.25, -0.2) is 9.98 Å². The van der Waals surface area contributed by atoms with Crippen LogP contribution in [0.15, 0.2) is 65.8 Å². The maximum Gasteiger partial charge on any atom is 0.247 e. The van der Waals surface area contributed by atoms with E-state index < -0.39 is 0 Å². The zero-order valence-corrected chi connectivity index (χ0v) is 18.0. The lowest BCUT2D eigenvalue weighted by Gasteiger charge is -2.26. The average Bonchev–Trinajstić information content (AvgIpc) is 2.73. The summed E-state index contributed by atoms with van der Waals surface area (Å²) in [6.07, 6.45) is 6.60. The zero-order chi connectivity index (χ0) is 22.2. The van der Waals surface area contributed by atoms with Crippen LogP contribution in [0.1, 0.15) is 31.7 Å². The number of benzene rings is 1. The van der Waals surface area contributed by atoms with E-state index in [2.05, 4.69) is 27.9 Å². The maximum absolute atomic E-state index is 11.7. The van der Waals surface area contributed by atoms with E-state index in [-0.39, 0.29) is 5.91 Å². The molecular formula is C24H30N6O. The zero-order valence-electron chi connectivity index (χ0n) is 18.0. The van der Waals surface area contributed by atoms with Crippen LogP contribution in [0.25, 0.3) is 11.3 Å². The number of aromatic nitrogens is 1. The van der Waals surface area contributed by atoms with Crippen LogP contribution < -0.4 is 16.8 Å². The van der Waals surface area contributed by atoms with Gasteiger partial charge in [-0.05, 0) is 74.8 Å². The fourth-order valence-corrected chi connectivity index (χ4v) is 3.59. The number of nitrogens with one attached hydrogen (secondary N) is 1. The maximum atomic E-state index is 11.7. The van der Waals surface area contributed by atoms with Crippen molar-refractivity contribution in [1.29, 1.82) is 0 Å². The molecule has 1 aromatic carbocycles. The molecule has 1 amide bonds. The van der Waals surface area contributed by atoms with Crippen molar-refractivity contribution in [2.24, 2.45) is 16.5 Å². The molecule has 0 spiro atoms. The summed E-state index contributed by atoms with van der Waals surface area (Å²) in [6, 6.07) is 11.6. The number of amidine groups is 1. The number of pyridine rings is 1. The van der Waals surface area contributed by atoms with Gasteiger partial charge in [-0.15, -0.1) is 0 Å². The van der Waals surface area contributed by atoms with Gasteiger partial charge >= 0.3 is 0 Å². The molecule has 0 bridgehead atoms. The Morgan fingerprint density at radius 2 is 2.00 bits per heavy atom. The summed E-state index contributed by atoms with van der Waals surface area (Å²) in [4.78, 5) is 23.3. The van der Waals surface area contributed by atoms with Crippen LogP contribution in [0.2, 0.25) is 0 Å². The van der Waals surface area contributed by atoms with Gasteiger partial charge in [-0.3, -0.25) is 9.69 Å². The lowest BCUT2D eigenvalue weighted by Crippen LogP contribution is -2.29. The van der Waals surface area contributed by atoms with Crippen molar-refractivity contribution < 1.29 is 4.79 Å². The van der Waals surface area contributed by atoms with Crippen molar-refractivity contribution in [3.8, 4) is 11.3 Å². The Morgan fingerprint density at radius 1 is 1.23 bits per heavy atom. The van der Waals surface area contributed by atoms with E-state index in [4.69, 9.17) is 16.5 Å². The predicted octanol–water partition coefficient (Wildman–Crippen LogP) is 3.71. The number of likely N-dealkylation sites (tertiary alicyclic amines) is 1. The first-order valence-corrected chi connectivity index (χ1v) is 10.5. The number of carbonyl (C=O) groups is 1. The van der Waals surface area contributed by atoms with Crippen molar-refractivity contribution in [3.05, 3.63) is 66.4 Å². The molecule has 1 aliphatic heterocycles. The monoisotopic (exact) mass is 418 g/mol. The smallest absolute Gasteiger partial charge is 0.247 e. The minimum Gasteiger partial charge on any atom is -0.402 e. The lowest BCUT2D eigenvalue weighted by atomic mass is 10.1. The molecule has 3 rings (SSSR count). The van der Waals surface area contributed by atoms with Crippen LogP contribution in [0.5, 0.6) is 0 Å². The molecule has 0 aliphatic carbocycles. The number of nitrogens with zero attached hydrogens (tertiary/aromatic N) is 3. The van der Waals surface area contributed by atoms with E-state index in [0.717, 1.165) is 36.5 Å². The van der Waals surface area contributed by atoms with E-state index in [0.29, 0.717) is 23.0 Å². The first kappa shape index (κ1) is 22.2. The highest BCUT2D eigenvalue weighted by molar-refractivity contribution is 5.99. The van der Waals surface area contributed by atoms with Gasteiger partial charge in [0.25, 0.3) is 0 Å². The van der Waals surface area contributed by atoms with Gasteiger partial charge in [0.2, 0.25) is 5.91 Å². The molecule has 0 atom stereocenters. The first-order chi connectivity index (χ1) is 14.9. The second-order valence-electron chi connectivity index (χ2n) is 7.75. The Balaban J connectivity index is 1.98. The fraction of sp³-hybridized carbons (Fsp3) is 0.292. The minimum absolute atomic E-state index is 0.258. The third-order valence-electron chi connectivity index (χ3n) is 4.96. The average molecular weight is 419 g/mol. The Morgan fingerprint density at radius 3 is 2.71 bits per heavy atom. The quantitative estimate of drug-likeness (QED) is 0.361. The summed E-state index contributed by atoms with van der Waals surface area (Å²) in [5.74, 6) is 0.576. The summed E-state index contributed by atoms with van der Waals surface area (Å²) >= 11 is 0. The lowest BCUT2D eigenvalue weighted by molar-refractivity contribution is -0.111. The molecular weight excluding hydrogens is 388 g/mol. The third kappa shape index (κ3) is 6.79. The summed E-state index contributed by atoms with van der Waals surface area (Å²) in [5, 5.41) is 2.79. The number of carbonyl (C=O) groups excluding carboxylic acids is 1. The molecule has 7 nitrogen and oxygen atoms in total. The molecule has 0 radical (unpaired) electrons. The first-order valence-electron chi connectivity index (χ1n) is 10.5. The number of aliphatic imine (C=N–C) groups is 1. The van der Waals surface area contributed by atoms with E-state index in [1.54, 1.807) is 13.0 Å². The van der Waals surface area contributed by atoms with Gasteiger partial charge in [0.15, 0.2) is 5.82 Å². The topological polar surface area (TPSA) is 110 Å². The second-order valence-corrected chi connectivity index (χ2v) is 7.75. The molecule has 1 aliphatic rings. The normalized spacial score (nSPS) is 15.5.